The minimum atomic E-state index is -7.22. The third kappa shape index (κ3) is 10.8. The van der Waals surface area contributed by atoms with Crippen molar-refractivity contribution in [3.05, 3.63) is 182 Å². The van der Waals surface area contributed by atoms with Crippen molar-refractivity contribution < 1.29 is 102 Å². The van der Waals surface area contributed by atoms with Crippen LogP contribution >= 0.6 is 0 Å². The lowest BCUT2D eigenvalue weighted by Crippen LogP contribution is -2.81. The predicted molar refractivity (Wildman–Crippen MR) is 223 cm³/mol. The number of benzene rings is 5. The normalized spacial score (nSPS) is 11.5. The summed E-state index contributed by atoms with van der Waals surface area (Å²) in [7, 11) is 0. The molecule has 0 atom stereocenters. The van der Waals surface area contributed by atoms with E-state index in [-0.39, 0.29) is 18.1 Å². The van der Waals surface area contributed by atoms with E-state index in [4.69, 9.17) is 0 Å². The Kier molecular flexibility index (Phi) is 18.7. The van der Waals surface area contributed by atoms with Crippen molar-refractivity contribution in [2.45, 2.75) is 77.7 Å². The summed E-state index contributed by atoms with van der Waals surface area (Å²) >= 11 is 0. The zero-order chi connectivity index (χ0) is 54.4. The van der Waals surface area contributed by atoms with Crippen LogP contribution in [0, 0.1) is 116 Å². The van der Waals surface area contributed by atoms with Crippen LogP contribution in [-0.4, -0.2) is 17.7 Å². The summed E-state index contributed by atoms with van der Waals surface area (Å²) in [5.74, 6) is -71.3. The second-order valence-corrected chi connectivity index (χ2v) is 16.3. The SMILES string of the molecule is CCCCCCCCCCCC(=O)c1cccc[n+]1CC(=O)c1ccccc1.Fc1c(F)c(F)c([B-](c2c(F)c(F)c(F)c(F)c2F)(c2c(F)c(F)c(F)c(F)c2F)c2c(F)c(F)c(F)c(F)c2F)c(F)c1F. The van der Waals surface area contributed by atoms with Crippen LogP contribution in [0.1, 0.15) is 92.0 Å². The van der Waals surface area contributed by atoms with Crippen molar-refractivity contribution in [3.63, 3.8) is 0 Å². The number of unbranched alkanes of at least 4 members (excludes halogenated alkanes) is 8. The molecule has 6 rings (SSSR count). The number of hydrogen-bond donors (Lipinski definition) is 0. The van der Waals surface area contributed by atoms with E-state index in [1.54, 1.807) is 4.57 Å². The Labute approximate surface area is 401 Å². The first-order valence-electron chi connectivity index (χ1n) is 21.8. The van der Waals surface area contributed by atoms with Crippen LogP contribution in [0.25, 0.3) is 0 Å². The van der Waals surface area contributed by atoms with Gasteiger partial charge in [0.25, 0.3) is 0 Å². The number of nitrogens with zero attached hydrogens (tertiary/aromatic N) is 1. The summed E-state index contributed by atoms with van der Waals surface area (Å²) in [5.41, 5.74) is -13.0. The number of aromatic nitrogens is 1. The molecule has 0 saturated heterocycles. The van der Waals surface area contributed by atoms with Gasteiger partial charge in [-0.05, 0) is 12.5 Å². The number of hydrogen-bond acceptors (Lipinski definition) is 2. The van der Waals surface area contributed by atoms with Gasteiger partial charge in [-0.3, -0.25) is 9.59 Å². The standard InChI is InChI=1S/C25H34NO2.C24BF20/c1-2-3-4-5-6-7-8-9-13-19-24(27)23-18-14-15-20-26(23)21-25(28)22-16-11-10-12-17-22;26-5-1(6(27)14(35)21(42)13(5)34)25(2-7(28)15(36)22(43)16(37)8(2)29,3-9(30)17(38)23(44)18(39)10(3)31)4-11(32)19(40)24(45)20(41)12(4)33/h10-12,14-18,20H,2-9,13,19,21H2,1H3;/q+1;-1. The number of carbonyl (C=O) groups is 2. The number of Topliss-reactive ketones (excluding diaryl/α,β-unsaturated/α-hetero) is 2. The van der Waals surface area contributed by atoms with Gasteiger partial charge in [0.2, 0.25) is 23.8 Å². The maximum Gasteiger partial charge on any atom is 0.249 e. The van der Waals surface area contributed by atoms with Crippen molar-refractivity contribution in [2.24, 2.45) is 0 Å². The molecule has 0 amide bonds. The number of rotatable bonds is 18. The summed E-state index contributed by atoms with van der Waals surface area (Å²) in [5, 5.41) is 0. The lowest BCUT2D eigenvalue weighted by molar-refractivity contribution is -0.685. The molecule has 73 heavy (non-hydrogen) atoms. The molecule has 1 aromatic heterocycles. The zero-order valence-electron chi connectivity index (χ0n) is 37.4. The molecule has 0 fully saturated rings. The van der Waals surface area contributed by atoms with Crippen LogP contribution in [0.2, 0.25) is 0 Å². The summed E-state index contributed by atoms with van der Waals surface area (Å²) in [6, 6.07) is 14.8. The van der Waals surface area contributed by atoms with Gasteiger partial charge in [-0.25, -0.2) is 87.8 Å². The molecule has 390 valence electrons. The highest BCUT2D eigenvalue weighted by Crippen LogP contribution is 2.31. The highest BCUT2D eigenvalue weighted by atomic mass is 19.2. The quantitative estimate of drug-likeness (QED) is 0.0164. The van der Waals surface area contributed by atoms with Crippen LogP contribution in [0.4, 0.5) is 87.8 Å². The van der Waals surface area contributed by atoms with Crippen LogP contribution < -0.4 is 26.4 Å². The van der Waals surface area contributed by atoms with Gasteiger partial charge in [0, 0.05) is 24.1 Å². The Balaban J connectivity index is 0.000000303. The Morgan fingerprint density at radius 3 is 0.973 bits per heavy atom. The second-order valence-electron chi connectivity index (χ2n) is 16.3. The molecular weight excluding hydrogens is 1030 g/mol. The van der Waals surface area contributed by atoms with E-state index >= 15 is 35.1 Å². The molecule has 0 unspecified atom stereocenters. The van der Waals surface area contributed by atoms with Crippen molar-refractivity contribution in [3.8, 4) is 0 Å². The first kappa shape index (κ1) is 57.2. The van der Waals surface area contributed by atoms with Crippen LogP contribution in [0.3, 0.4) is 0 Å². The number of halogens is 20. The van der Waals surface area contributed by atoms with E-state index in [1.165, 1.54) is 44.9 Å². The molecule has 0 aliphatic rings. The molecule has 0 aliphatic carbocycles. The van der Waals surface area contributed by atoms with Gasteiger partial charge in [0.05, 0.1) is 0 Å². The number of pyridine rings is 1. The smallest absolute Gasteiger partial charge is 0.249 e. The minimum absolute atomic E-state index is 0.0222. The minimum Gasteiger partial charge on any atom is -0.287 e. The van der Waals surface area contributed by atoms with Gasteiger partial charge in [0.1, 0.15) is 52.7 Å². The molecule has 0 N–H and O–H groups in total. The molecule has 5 aromatic carbocycles. The Morgan fingerprint density at radius 1 is 0.356 bits per heavy atom. The average Bonchev–Trinajstić information content (AvgIpc) is 3.38. The van der Waals surface area contributed by atoms with Gasteiger partial charge >= 0.3 is 0 Å². The van der Waals surface area contributed by atoms with Crippen molar-refractivity contribution in [1.29, 1.82) is 0 Å². The van der Waals surface area contributed by atoms with Gasteiger partial charge in [-0.1, -0.05) is 88.6 Å². The molecule has 3 nitrogen and oxygen atoms in total. The summed E-state index contributed by atoms with van der Waals surface area (Å²) in [6.45, 7) is 2.44. The lowest BCUT2D eigenvalue weighted by Gasteiger charge is -2.44. The van der Waals surface area contributed by atoms with E-state index in [0.29, 0.717) is 17.7 Å². The van der Waals surface area contributed by atoms with Crippen LogP contribution in [0.5, 0.6) is 0 Å². The Hall–Kier alpha value is -6.75. The van der Waals surface area contributed by atoms with E-state index in [9.17, 15) is 62.3 Å². The highest BCUT2D eigenvalue weighted by molar-refractivity contribution is 7.20. The Bertz CT molecular complexity index is 2680. The van der Waals surface area contributed by atoms with E-state index in [2.05, 4.69) is 6.92 Å². The van der Waals surface area contributed by atoms with E-state index < -0.39 is 144 Å². The monoisotopic (exact) mass is 1060 g/mol. The zero-order valence-corrected chi connectivity index (χ0v) is 37.4. The molecule has 24 heteroatoms. The van der Waals surface area contributed by atoms with Crippen molar-refractivity contribution in [2.75, 3.05) is 0 Å². The third-order valence-corrected chi connectivity index (χ3v) is 11.9. The molecule has 0 bridgehead atoms. The van der Waals surface area contributed by atoms with Crippen molar-refractivity contribution in [1.82, 2.24) is 0 Å². The fourth-order valence-corrected chi connectivity index (χ4v) is 8.34. The average molecular weight is 1060 g/mol. The molecule has 6 aromatic rings. The largest absolute Gasteiger partial charge is 0.287 e. The van der Waals surface area contributed by atoms with E-state index in [1.807, 2.05) is 54.7 Å². The third-order valence-electron chi connectivity index (χ3n) is 11.9. The van der Waals surface area contributed by atoms with Gasteiger partial charge in [-0.15, -0.1) is 21.9 Å². The number of carbonyl (C=O) groups excluding carboxylic acids is 2. The lowest BCUT2D eigenvalue weighted by atomic mass is 9.12. The fourth-order valence-electron chi connectivity index (χ4n) is 8.34. The van der Waals surface area contributed by atoms with E-state index in [0.717, 1.165) is 12.8 Å². The Morgan fingerprint density at radius 2 is 0.644 bits per heavy atom. The molecule has 0 aliphatic heterocycles. The molecule has 1 heterocycles. The van der Waals surface area contributed by atoms with Crippen LogP contribution in [-0.2, 0) is 6.54 Å². The fraction of sp³-hybridized carbons (Fsp3) is 0.245. The van der Waals surface area contributed by atoms with Gasteiger partial charge in [-0.2, -0.15) is 4.57 Å². The molecule has 0 radical (unpaired) electrons. The summed E-state index contributed by atoms with van der Waals surface area (Å²) in [4.78, 5) is 25.1. The molecule has 0 spiro atoms. The first-order valence-corrected chi connectivity index (χ1v) is 21.8. The van der Waals surface area contributed by atoms with Gasteiger partial charge < -0.3 is 0 Å². The van der Waals surface area contributed by atoms with Gasteiger partial charge in [0.15, 0.2) is 76.0 Å². The summed E-state index contributed by atoms with van der Waals surface area (Å²) in [6.07, 6.45) is 6.32. The molecule has 0 saturated carbocycles. The van der Waals surface area contributed by atoms with Crippen LogP contribution in [0.15, 0.2) is 54.7 Å². The maximum atomic E-state index is 15.4. The first-order chi connectivity index (χ1) is 34.4. The predicted octanol–water partition coefficient (Wildman–Crippen LogP) is 11.8. The second kappa shape index (κ2) is 23.9. The molecular formula is C49H34BF20NO2. The highest BCUT2D eigenvalue weighted by Gasteiger charge is 2.52. The maximum absolute atomic E-state index is 15.4. The number of ketones is 2. The van der Waals surface area contributed by atoms with Crippen molar-refractivity contribution >= 4 is 39.6 Å². The summed E-state index contributed by atoms with van der Waals surface area (Å²) < 4.78 is 296. The topological polar surface area (TPSA) is 38.0 Å².